The van der Waals surface area contributed by atoms with Crippen molar-refractivity contribution in [1.82, 2.24) is 0 Å². The molecule has 0 N–H and O–H groups in total. The summed E-state index contributed by atoms with van der Waals surface area (Å²) in [5.74, 6) is -0.205. The number of carbonyl (C=O) groups excluding carboxylic acids is 1. The lowest BCUT2D eigenvalue weighted by atomic mass is 10.2. The van der Waals surface area contributed by atoms with Crippen LogP contribution in [-0.4, -0.2) is 18.4 Å². The standard InChI is InChI=1S/C18H11N3O2S/c19-10-11-21-13-8-4-5-9-14(13)24-17(21)15-18(22)23-16(20-15)12-6-2-1-3-7-12/h1-9H,11H2/b17-15-. The molecule has 24 heavy (non-hydrogen) atoms. The second-order valence-electron chi connectivity index (χ2n) is 5.14. The second-order valence-corrected chi connectivity index (χ2v) is 6.17. The zero-order chi connectivity index (χ0) is 16.5. The van der Waals surface area contributed by atoms with E-state index in [-0.39, 0.29) is 18.1 Å². The summed E-state index contributed by atoms with van der Waals surface area (Å²) in [5.41, 5.74) is 1.89. The third-order valence-electron chi connectivity index (χ3n) is 3.66. The number of fused-ring (bicyclic) bond motifs is 1. The highest BCUT2D eigenvalue weighted by Gasteiger charge is 2.34. The van der Waals surface area contributed by atoms with Gasteiger partial charge in [-0.05, 0) is 24.3 Å². The van der Waals surface area contributed by atoms with Gasteiger partial charge in [-0.25, -0.2) is 9.79 Å². The summed E-state index contributed by atoms with van der Waals surface area (Å²) in [7, 11) is 0. The van der Waals surface area contributed by atoms with E-state index in [1.54, 1.807) is 4.90 Å². The Morgan fingerprint density at radius 2 is 1.88 bits per heavy atom. The predicted molar refractivity (Wildman–Crippen MR) is 91.4 cm³/mol. The van der Waals surface area contributed by atoms with Gasteiger partial charge in [-0.15, -0.1) is 0 Å². The zero-order valence-electron chi connectivity index (χ0n) is 12.5. The van der Waals surface area contributed by atoms with Gasteiger partial charge in [0.25, 0.3) is 0 Å². The van der Waals surface area contributed by atoms with Gasteiger partial charge >= 0.3 is 5.97 Å². The van der Waals surface area contributed by atoms with Crippen molar-refractivity contribution in [2.45, 2.75) is 4.90 Å². The number of nitrogens with zero attached hydrogens (tertiary/aromatic N) is 3. The minimum Gasteiger partial charge on any atom is -0.402 e. The van der Waals surface area contributed by atoms with Gasteiger partial charge in [-0.2, -0.15) is 5.26 Å². The fraction of sp³-hybridized carbons (Fsp3) is 0.0556. The van der Waals surface area contributed by atoms with Crippen LogP contribution in [-0.2, 0) is 9.53 Å². The zero-order valence-corrected chi connectivity index (χ0v) is 13.3. The third kappa shape index (κ3) is 2.36. The molecule has 0 aliphatic carbocycles. The van der Waals surface area contributed by atoms with E-state index in [9.17, 15) is 4.79 Å². The van der Waals surface area contributed by atoms with Gasteiger partial charge in [0.05, 0.1) is 11.8 Å². The number of carbonyl (C=O) groups is 1. The summed E-state index contributed by atoms with van der Waals surface area (Å²) in [4.78, 5) is 19.5. The molecular formula is C18H11N3O2S. The first-order valence-corrected chi connectivity index (χ1v) is 8.11. The van der Waals surface area contributed by atoms with Gasteiger partial charge in [0.15, 0.2) is 5.70 Å². The highest BCUT2D eigenvalue weighted by Crippen LogP contribution is 2.47. The normalized spacial score (nSPS) is 18.9. The summed E-state index contributed by atoms with van der Waals surface area (Å²) in [6.07, 6.45) is 0. The number of hydrogen-bond donors (Lipinski definition) is 0. The van der Waals surface area contributed by atoms with Crippen molar-refractivity contribution in [3.63, 3.8) is 0 Å². The molecule has 2 heterocycles. The highest BCUT2D eigenvalue weighted by atomic mass is 32.2. The number of hydrogen-bond acceptors (Lipinski definition) is 6. The molecule has 116 valence electrons. The number of esters is 1. The molecule has 0 radical (unpaired) electrons. The molecule has 0 unspecified atom stereocenters. The van der Waals surface area contributed by atoms with E-state index in [2.05, 4.69) is 11.1 Å². The molecule has 0 amide bonds. The molecule has 2 aliphatic heterocycles. The smallest absolute Gasteiger partial charge is 0.366 e. The third-order valence-corrected chi connectivity index (χ3v) is 4.83. The van der Waals surface area contributed by atoms with E-state index in [1.165, 1.54) is 11.8 Å². The maximum Gasteiger partial charge on any atom is 0.366 e. The van der Waals surface area contributed by atoms with E-state index in [0.717, 1.165) is 16.1 Å². The minimum atomic E-state index is -0.493. The number of ether oxygens (including phenoxy) is 1. The fourth-order valence-electron chi connectivity index (χ4n) is 2.58. The molecule has 0 bridgehead atoms. The SMILES string of the molecule is N#CCN1/C(=C2/N=C(c3ccccc3)OC2=O)Sc2ccccc21. The Morgan fingerprint density at radius 1 is 1.12 bits per heavy atom. The van der Waals surface area contributed by atoms with E-state index in [0.29, 0.717) is 5.03 Å². The average molecular weight is 333 g/mol. The highest BCUT2D eigenvalue weighted by molar-refractivity contribution is 8.03. The summed E-state index contributed by atoms with van der Waals surface area (Å²) in [5, 5.41) is 9.77. The topological polar surface area (TPSA) is 65.7 Å². The van der Waals surface area contributed by atoms with E-state index in [1.807, 2.05) is 54.6 Å². The van der Waals surface area contributed by atoms with E-state index < -0.39 is 5.97 Å². The predicted octanol–water partition coefficient (Wildman–Crippen LogP) is 3.29. The Balaban J connectivity index is 1.80. The Kier molecular flexibility index (Phi) is 3.56. The Bertz CT molecular complexity index is 929. The Labute approximate surface area is 142 Å². The first-order valence-electron chi connectivity index (χ1n) is 7.30. The fourth-order valence-corrected chi connectivity index (χ4v) is 3.72. The van der Waals surface area contributed by atoms with Crippen LogP contribution in [0.2, 0.25) is 0 Å². The first-order chi connectivity index (χ1) is 11.8. The van der Waals surface area contributed by atoms with Crippen LogP contribution in [0.15, 0.2) is 75.2 Å². The lowest BCUT2D eigenvalue weighted by Crippen LogP contribution is -2.20. The van der Waals surface area contributed by atoms with Gasteiger partial charge in [-0.3, -0.25) is 0 Å². The number of rotatable bonds is 2. The molecule has 0 saturated carbocycles. The molecule has 5 nitrogen and oxygen atoms in total. The van der Waals surface area contributed by atoms with Crippen LogP contribution < -0.4 is 4.90 Å². The lowest BCUT2D eigenvalue weighted by Gasteiger charge is -2.16. The molecule has 0 atom stereocenters. The number of thioether (sulfide) groups is 1. The number of anilines is 1. The summed E-state index contributed by atoms with van der Waals surface area (Å²) in [6.45, 7) is 0.145. The van der Waals surface area contributed by atoms with Crippen molar-refractivity contribution in [3.05, 3.63) is 70.9 Å². The largest absolute Gasteiger partial charge is 0.402 e. The van der Waals surface area contributed by atoms with Gasteiger partial charge in [0.2, 0.25) is 5.90 Å². The van der Waals surface area contributed by atoms with Crippen LogP contribution in [0.5, 0.6) is 0 Å². The molecule has 0 spiro atoms. The van der Waals surface area contributed by atoms with Crippen molar-refractivity contribution in [1.29, 1.82) is 5.26 Å². The van der Waals surface area contributed by atoms with Gasteiger partial charge in [-0.1, -0.05) is 42.1 Å². The molecular weight excluding hydrogens is 322 g/mol. The van der Waals surface area contributed by atoms with E-state index in [4.69, 9.17) is 10.00 Å². The van der Waals surface area contributed by atoms with Crippen LogP contribution in [0, 0.1) is 11.3 Å². The summed E-state index contributed by atoms with van der Waals surface area (Å²) < 4.78 is 5.33. The van der Waals surface area contributed by atoms with Crippen molar-refractivity contribution in [2.75, 3.05) is 11.4 Å². The van der Waals surface area contributed by atoms with Gasteiger partial charge in [0, 0.05) is 10.5 Å². The number of para-hydroxylation sites is 1. The molecule has 0 aromatic heterocycles. The second kappa shape index (κ2) is 5.87. The molecule has 4 rings (SSSR count). The van der Waals surface area contributed by atoms with Gasteiger partial charge < -0.3 is 9.64 Å². The number of nitriles is 1. The Morgan fingerprint density at radius 3 is 2.67 bits per heavy atom. The number of cyclic esters (lactones) is 1. The number of aliphatic imine (C=N–C) groups is 1. The number of benzene rings is 2. The molecule has 2 aliphatic rings. The van der Waals surface area contributed by atoms with Crippen LogP contribution in [0.1, 0.15) is 5.56 Å². The van der Waals surface area contributed by atoms with Crippen LogP contribution in [0.3, 0.4) is 0 Å². The lowest BCUT2D eigenvalue weighted by molar-refractivity contribution is -0.130. The monoisotopic (exact) mass is 333 g/mol. The first kappa shape index (κ1) is 14.5. The Hall–Kier alpha value is -3.04. The van der Waals surface area contributed by atoms with Crippen LogP contribution >= 0.6 is 11.8 Å². The van der Waals surface area contributed by atoms with Crippen molar-refractivity contribution >= 4 is 29.3 Å². The minimum absolute atomic E-state index is 0.145. The quantitative estimate of drug-likeness (QED) is 0.479. The summed E-state index contributed by atoms with van der Waals surface area (Å²) >= 11 is 1.43. The van der Waals surface area contributed by atoms with Crippen molar-refractivity contribution in [3.8, 4) is 6.07 Å². The van der Waals surface area contributed by atoms with E-state index >= 15 is 0 Å². The molecule has 6 heteroatoms. The van der Waals surface area contributed by atoms with Crippen LogP contribution in [0.4, 0.5) is 5.69 Å². The molecule has 0 saturated heterocycles. The van der Waals surface area contributed by atoms with Crippen molar-refractivity contribution < 1.29 is 9.53 Å². The average Bonchev–Trinajstić information content (AvgIpc) is 3.17. The van der Waals surface area contributed by atoms with Crippen LogP contribution in [0.25, 0.3) is 0 Å². The molecule has 0 fully saturated rings. The maximum absolute atomic E-state index is 12.3. The molecule has 2 aromatic carbocycles. The summed E-state index contributed by atoms with van der Waals surface area (Å²) in [6, 6.07) is 19.1. The molecule has 2 aromatic rings. The van der Waals surface area contributed by atoms with Gasteiger partial charge in [0.1, 0.15) is 11.6 Å². The maximum atomic E-state index is 12.3. The van der Waals surface area contributed by atoms with Crippen molar-refractivity contribution in [2.24, 2.45) is 4.99 Å².